The highest BCUT2D eigenvalue weighted by Gasteiger charge is 2.36. The molecule has 1 fully saturated rings. The third-order valence-corrected chi connectivity index (χ3v) is 4.40. The maximum Gasteiger partial charge on any atom is 0.330 e. The van der Waals surface area contributed by atoms with Crippen molar-refractivity contribution in [3.05, 3.63) is 73.5 Å². The van der Waals surface area contributed by atoms with Crippen LogP contribution in [0.2, 0.25) is 0 Å². The van der Waals surface area contributed by atoms with E-state index in [0.717, 1.165) is 0 Å². The van der Waals surface area contributed by atoms with Gasteiger partial charge in [-0.05, 0) is 12.1 Å². The maximum atomic E-state index is 13.6. The molecule has 8 nitrogen and oxygen atoms in total. The van der Waals surface area contributed by atoms with Gasteiger partial charge in [0.1, 0.15) is 18.0 Å². The van der Waals surface area contributed by atoms with E-state index in [9.17, 15) is 9.18 Å². The average molecular weight is 377 g/mol. The van der Waals surface area contributed by atoms with Crippen molar-refractivity contribution < 1.29 is 9.18 Å². The van der Waals surface area contributed by atoms with Gasteiger partial charge in [0.25, 0.3) is 0 Å². The zero-order valence-electron chi connectivity index (χ0n) is 15.1. The second-order valence-electron chi connectivity index (χ2n) is 6.17. The van der Waals surface area contributed by atoms with Gasteiger partial charge in [-0.2, -0.15) is 0 Å². The molecule has 0 spiro atoms. The summed E-state index contributed by atoms with van der Waals surface area (Å²) in [5.41, 5.74) is 2.16. The lowest BCUT2D eigenvalue weighted by molar-refractivity contribution is 0.206. The highest BCUT2D eigenvalue weighted by molar-refractivity contribution is 6.15. The molecule has 0 radical (unpaired) electrons. The molecule has 0 atom stereocenters. The van der Waals surface area contributed by atoms with Crippen LogP contribution in [0.1, 0.15) is 5.69 Å². The zero-order valence-corrected chi connectivity index (χ0v) is 15.1. The number of nitrogens with zero attached hydrogens (tertiary/aromatic N) is 7. The van der Waals surface area contributed by atoms with Crippen LogP contribution in [0.4, 0.5) is 9.18 Å². The highest BCUT2D eigenvalue weighted by atomic mass is 19.1. The first-order valence-corrected chi connectivity index (χ1v) is 8.35. The van der Waals surface area contributed by atoms with Crippen molar-refractivity contribution in [3.8, 4) is 0 Å². The van der Waals surface area contributed by atoms with Crippen molar-refractivity contribution in [2.45, 2.75) is 6.54 Å². The van der Waals surface area contributed by atoms with E-state index in [1.807, 2.05) is 0 Å². The molecule has 1 aliphatic rings. The Kier molecular flexibility index (Phi) is 4.19. The van der Waals surface area contributed by atoms with E-state index in [1.165, 1.54) is 28.3 Å². The summed E-state index contributed by atoms with van der Waals surface area (Å²) < 4.78 is 15.2. The number of hydrogen-bond donors (Lipinski definition) is 0. The second kappa shape index (κ2) is 6.69. The van der Waals surface area contributed by atoms with Gasteiger partial charge in [0, 0.05) is 25.5 Å². The van der Waals surface area contributed by atoms with E-state index < -0.39 is 0 Å². The number of aromatic nitrogens is 4. The van der Waals surface area contributed by atoms with Crippen LogP contribution in [-0.2, 0) is 6.54 Å². The van der Waals surface area contributed by atoms with Crippen LogP contribution in [-0.4, -0.2) is 48.2 Å². The second-order valence-corrected chi connectivity index (χ2v) is 6.17. The van der Waals surface area contributed by atoms with E-state index >= 15 is 0 Å². The number of carbonyl (C=O) groups is 1. The van der Waals surface area contributed by atoms with Gasteiger partial charge in [-0.1, -0.05) is 13.2 Å². The summed E-state index contributed by atoms with van der Waals surface area (Å²) in [6.45, 7) is 8.08. The third-order valence-electron chi connectivity index (χ3n) is 4.40. The standard InChI is InChI=1S/C19H16FN7O/c1-12-18(26(19(28)25(12)3)10-15-9-21-6-7-22-15)24-13(2)27-11-23-16-5-4-14(20)8-17(16)27/h4-9,11H,1-2,10H2,3H3/b24-18+. The van der Waals surface area contributed by atoms with Crippen LogP contribution in [0.15, 0.2) is 67.0 Å². The fourth-order valence-electron chi connectivity index (χ4n) is 2.90. The minimum Gasteiger partial charge on any atom is -0.294 e. The molecular formula is C19H16FN7O. The number of likely N-dealkylation sites (N-methyl/N-ethyl adjacent to an activating group) is 1. The summed E-state index contributed by atoms with van der Waals surface area (Å²) in [6, 6.07) is 3.98. The molecule has 2 amide bonds. The van der Waals surface area contributed by atoms with Gasteiger partial charge in [0.05, 0.1) is 35.2 Å². The fourth-order valence-corrected chi connectivity index (χ4v) is 2.90. The smallest absolute Gasteiger partial charge is 0.294 e. The Morgan fingerprint density at radius 2 is 2.11 bits per heavy atom. The molecule has 9 heteroatoms. The number of amidine groups is 1. The van der Waals surface area contributed by atoms with Crippen molar-refractivity contribution in [2.75, 3.05) is 7.05 Å². The van der Waals surface area contributed by atoms with Gasteiger partial charge < -0.3 is 0 Å². The maximum absolute atomic E-state index is 13.6. The Balaban J connectivity index is 1.72. The van der Waals surface area contributed by atoms with Gasteiger partial charge >= 0.3 is 6.03 Å². The first-order valence-electron chi connectivity index (χ1n) is 8.35. The number of urea groups is 1. The molecule has 3 aromatic rings. The molecule has 1 saturated heterocycles. The zero-order chi connectivity index (χ0) is 19.8. The first-order chi connectivity index (χ1) is 13.5. The van der Waals surface area contributed by atoms with Crippen LogP contribution >= 0.6 is 0 Å². The van der Waals surface area contributed by atoms with Crippen LogP contribution in [0.5, 0.6) is 0 Å². The molecule has 2 aromatic heterocycles. The number of aliphatic imine (C=N–C) groups is 1. The van der Waals surface area contributed by atoms with E-state index in [1.54, 1.807) is 36.3 Å². The van der Waals surface area contributed by atoms with Crippen molar-refractivity contribution in [3.63, 3.8) is 0 Å². The van der Waals surface area contributed by atoms with Crippen molar-refractivity contribution in [1.82, 2.24) is 29.3 Å². The minimum atomic E-state index is -0.390. The summed E-state index contributed by atoms with van der Waals surface area (Å²) >= 11 is 0. The first kappa shape index (κ1) is 17.5. The molecule has 0 unspecified atom stereocenters. The number of imidazole rings is 1. The van der Waals surface area contributed by atoms with Gasteiger partial charge in [0.15, 0.2) is 5.84 Å². The van der Waals surface area contributed by atoms with E-state index in [2.05, 4.69) is 33.1 Å². The molecule has 4 rings (SSSR count). The SMILES string of the molecule is C=C1/C(=N\C(=C)n2cnc3ccc(F)cc32)N(Cc2cnccn2)C(=O)N1C. The number of amides is 2. The van der Waals surface area contributed by atoms with Crippen LogP contribution in [0, 0.1) is 5.82 Å². The summed E-state index contributed by atoms with van der Waals surface area (Å²) in [5, 5.41) is 0. The molecule has 140 valence electrons. The summed E-state index contributed by atoms with van der Waals surface area (Å²) in [6.07, 6.45) is 6.19. The number of hydrogen-bond acceptors (Lipinski definition) is 5. The van der Waals surface area contributed by atoms with Gasteiger partial charge in [-0.3, -0.25) is 24.3 Å². The topological polar surface area (TPSA) is 79.5 Å². The summed E-state index contributed by atoms with van der Waals surface area (Å²) in [5.74, 6) is 0.220. The molecule has 1 aliphatic heterocycles. The molecule has 0 bridgehead atoms. The predicted octanol–water partition coefficient (Wildman–Crippen LogP) is 2.87. The van der Waals surface area contributed by atoms with E-state index in [4.69, 9.17) is 0 Å². The quantitative estimate of drug-likeness (QED) is 0.700. The predicted molar refractivity (Wildman–Crippen MR) is 102 cm³/mol. The van der Waals surface area contributed by atoms with E-state index in [0.29, 0.717) is 28.3 Å². The van der Waals surface area contributed by atoms with Crippen LogP contribution in [0.25, 0.3) is 16.9 Å². The number of carbonyl (C=O) groups excluding carboxylic acids is 1. The Bertz CT molecular complexity index is 1140. The lowest BCUT2D eigenvalue weighted by atomic mass is 10.3. The lowest BCUT2D eigenvalue weighted by Gasteiger charge is -2.15. The normalized spacial score (nSPS) is 15.9. The summed E-state index contributed by atoms with van der Waals surface area (Å²) in [7, 11) is 1.61. The van der Waals surface area contributed by atoms with Crippen molar-refractivity contribution in [1.29, 1.82) is 0 Å². The van der Waals surface area contributed by atoms with Gasteiger partial charge in [0.2, 0.25) is 0 Å². The molecule has 3 heterocycles. The monoisotopic (exact) mass is 377 g/mol. The molecule has 0 aliphatic carbocycles. The lowest BCUT2D eigenvalue weighted by Crippen LogP contribution is -2.31. The molecule has 0 N–H and O–H groups in total. The Labute approximate surface area is 160 Å². The summed E-state index contributed by atoms with van der Waals surface area (Å²) in [4.78, 5) is 32.4. The van der Waals surface area contributed by atoms with Crippen molar-refractivity contribution in [2.24, 2.45) is 4.99 Å². The van der Waals surface area contributed by atoms with Crippen LogP contribution in [0.3, 0.4) is 0 Å². The van der Waals surface area contributed by atoms with Gasteiger partial charge in [-0.15, -0.1) is 0 Å². The number of halogens is 1. The number of benzene rings is 1. The Morgan fingerprint density at radius 3 is 2.86 bits per heavy atom. The molecule has 1 aromatic carbocycles. The minimum absolute atomic E-state index is 0.182. The Morgan fingerprint density at radius 1 is 1.29 bits per heavy atom. The number of fused-ring (bicyclic) bond motifs is 1. The van der Waals surface area contributed by atoms with E-state index in [-0.39, 0.29) is 24.2 Å². The van der Waals surface area contributed by atoms with Gasteiger partial charge in [-0.25, -0.2) is 19.2 Å². The Hall–Kier alpha value is -3.88. The number of rotatable bonds is 4. The molecule has 0 saturated carbocycles. The fraction of sp³-hybridized carbons (Fsp3) is 0.105. The third kappa shape index (κ3) is 2.92. The highest BCUT2D eigenvalue weighted by Crippen LogP contribution is 2.24. The largest absolute Gasteiger partial charge is 0.330 e. The average Bonchev–Trinajstić information content (AvgIpc) is 3.19. The van der Waals surface area contributed by atoms with Crippen LogP contribution < -0.4 is 0 Å². The molecular weight excluding hydrogens is 361 g/mol. The molecule has 28 heavy (non-hydrogen) atoms. The van der Waals surface area contributed by atoms with Crippen molar-refractivity contribution >= 4 is 28.7 Å².